The normalized spacial score (nSPS) is 13.2. The number of carbonyl (C=O) groups is 1. The van der Waals surface area contributed by atoms with E-state index >= 15 is 0 Å². The van der Waals surface area contributed by atoms with Crippen LogP contribution in [0.2, 0.25) is 0 Å². The number of carbonyl (C=O) groups excluding carboxylic acids is 2. The average Bonchev–Trinajstić information content (AvgIpc) is 1.99. The van der Waals surface area contributed by atoms with Crippen LogP contribution in [0.1, 0.15) is 48.5 Å². The van der Waals surface area contributed by atoms with Crippen molar-refractivity contribution in [1.82, 2.24) is 0 Å². The molecule has 0 radical (unpaired) electrons. The van der Waals surface area contributed by atoms with Crippen LogP contribution >= 0.6 is 6.04 Å². The summed E-state index contributed by atoms with van der Waals surface area (Å²) in [5.41, 5.74) is 0. The van der Waals surface area contributed by atoms with Crippen LogP contribution in [0, 0.1) is 0 Å². The van der Waals surface area contributed by atoms with Gasteiger partial charge in [-0.2, -0.15) is 0 Å². The third kappa shape index (κ3) is 2.53. The molecule has 0 spiro atoms. The highest BCUT2D eigenvalue weighted by Crippen LogP contribution is 2.71. The Labute approximate surface area is 104 Å². The molecule has 4 heteroatoms. The van der Waals surface area contributed by atoms with Crippen LogP contribution in [0.15, 0.2) is 5.31 Å². The van der Waals surface area contributed by atoms with E-state index in [9.17, 15) is 9.59 Å². The molecule has 0 rings (SSSR count). The zero-order valence-electron chi connectivity index (χ0n) is 11.2. The van der Waals surface area contributed by atoms with Crippen LogP contribution in [0.5, 0.6) is 0 Å². The monoisotopic (exact) mass is 260 g/mol. The molecule has 0 saturated heterocycles. The molecule has 0 aromatic rings. The van der Waals surface area contributed by atoms with Gasteiger partial charge in [0, 0.05) is 6.04 Å². The van der Waals surface area contributed by atoms with E-state index < -0.39 is 6.04 Å². The van der Waals surface area contributed by atoms with Crippen LogP contribution < -0.4 is 0 Å². The molecule has 0 aliphatic carbocycles. The summed E-state index contributed by atoms with van der Waals surface area (Å²) in [4.78, 5) is 22.6. The van der Waals surface area contributed by atoms with E-state index in [-0.39, 0.29) is 21.4 Å². The van der Waals surface area contributed by atoms with Gasteiger partial charge in [0.05, 0.1) is 0 Å². The Balaban J connectivity index is 6.14. The first-order chi connectivity index (χ1) is 6.89. The Morgan fingerprint density at radius 2 is 1.38 bits per heavy atom. The lowest BCUT2D eigenvalue weighted by molar-refractivity contribution is -0.112. The van der Waals surface area contributed by atoms with Crippen molar-refractivity contribution in [3.8, 4) is 0 Å². The molecule has 0 fully saturated rings. The van der Waals surface area contributed by atoms with Gasteiger partial charge in [0.1, 0.15) is 11.3 Å². The predicted molar refractivity (Wildman–Crippen MR) is 73.7 cm³/mol. The van der Waals surface area contributed by atoms with Crippen LogP contribution in [-0.4, -0.2) is 22.0 Å². The quantitative estimate of drug-likeness (QED) is 0.434. The standard InChI is InChI=1S/C12H21O2PS/c1-9(14)10(8-13)15(16,11(2,3)4)12(5,6)7/h1-7H3. The summed E-state index contributed by atoms with van der Waals surface area (Å²) in [5.74, 6) is 1.58. The van der Waals surface area contributed by atoms with Gasteiger partial charge in [-0.3, -0.25) is 4.79 Å². The van der Waals surface area contributed by atoms with E-state index in [0.29, 0.717) is 0 Å². The minimum absolute atomic E-state index is 0.197. The molecule has 0 aromatic carbocycles. The molecule has 0 unspecified atom stereocenters. The molecule has 0 saturated carbocycles. The van der Waals surface area contributed by atoms with Crippen molar-refractivity contribution in [1.29, 1.82) is 0 Å². The second-order valence-electron chi connectivity index (χ2n) is 5.96. The highest BCUT2D eigenvalue weighted by atomic mass is 32.4. The molecule has 2 nitrogen and oxygen atoms in total. The number of hydrogen-bond acceptors (Lipinski definition) is 3. The molecule has 0 aliphatic heterocycles. The molecule has 0 bridgehead atoms. The van der Waals surface area contributed by atoms with E-state index in [1.807, 2.05) is 47.5 Å². The number of ketones is 1. The van der Waals surface area contributed by atoms with Crippen molar-refractivity contribution >= 4 is 29.6 Å². The summed E-state index contributed by atoms with van der Waals surface area (Å²) in [6, 6.07) is -2.28. The van der Waals surface area contributed by atoms with Crippen molar-refractivity contribution in [2.75, 3.05) is 0 Å². The second-order valence-corrected chi connectivity index (χ2v) is 11.9. The van der Waals surface area contributed by atoms with Gasteiger partial charge in [-0.15, -0.1) is 0 Å². The molecule has 16 heavy (non-hydrogen) atoms. The summed E-state index contributed by atoms with van der Waals surface area (Å²) in [5, 5.41) is -0.305. The van der Waals surface area contributed by atoms with Gasteiger partial charge < -0.3 is 0 Å². The van der Waals surface area contributed by atoms with Crippen LogP contribution in [0.4, 0.5) is 0 Å². The Morgan fingerprint density at radius 1 is 1.06 bits per heavy atom. The second kappa shape index (κ2) is 4.56. The lowest BCUT2D eigenvalue weighted by Crippen LogP contribution is -2.31. The smallest absolute Gasteiger partial charge is 0.172 e. The Hall–Kier alpha value is -0.230. The maximum Gasteiger partial charge on any atom is 0.172 e. The van der Waals surface area contributed by atoms with Crippen molar-refractivity contribution in [3.63, 3.8) is 0 Å². The molecule has 0 aliphatic rings. The average molecular weight is 260 g/mol. The molecule has 0 N–H and O–H groups in total. The number of rotatable bonds is 2. The summed E-state index contributed by atoms with van der Waals surface area (Å²) in [7, 11) is 0. The van der Waals surface area contributed by atoms with Crippen LogP contribution in [0.25, 0.3) is 0 Å². The molecule has 0 amide bonds. The van der Waals surface area contributed by atoms with Gasteiger partial charge in [0.25, 0.3) is 0 Å². The fourth-order valence-electron chi connectivity index (χ4n) is 2.03. The maximum atomic E-state index is 11.6. The predicted octanol–water partition coefficient (Wildman–Crippen LogP) is 3.37. The lowest BCUT2D eigenvalue weighted by atomic mass is 10.2. The minimum atomic E-state index is -2.28. The Kier molecular flexibility index (Phi) is 4.50. The highest BCUT2D eigenvalue weighted by Gasteiger charge is 2.46. The highest BCUT2D eigenvalue weighted by molar-refractivity contribution is 8.18. The van der Waals surface area contributed by atoms with E-state index in [4.69, 9.17) is 11.8 Å². The molecular formula is C12H21O2PS. The first kappa shape index (κ1) is 15.8. The first-order valence-corrected chi connectivity index (χ1v) is 8.06. The Bertz CT molecular complexity index is 372. The van der Waals surface area contributed by atoms with E-state index in [2.05, 4.69) is 0 Å². The molecule has 0 aromatic heterocycles. The minimum Gasteiger partial charge on any atom is -0.294 e. The van der Waals surface area contributed by atoms with Crippen LogP contribution in [-0.2, 0) is 21.4 Å². The fourth-order valence-corrected chi connectivity index (χ4v) is 6.46. The first-order valence-electron chi connectivity index (χ1n) is 5.26. The molecule has 92 valence electrons. The molecule has 0 heterocycles. The van der Waals surface area contributed by atoms with Gasteiger partial charge in [0.2, 0.25) is 0 Å². The van der Waals surface area contributed by atoms with Gasteiger partial charge in [0.15, 0.2) is 5.78 Å². The zero-order chi connectivity index (χ0) is 13.4. The summed E-state index contributed by atoms with van der Waals surface area (Å²) >= 11 is 5.76. The van der Waals surface area contributed by atoms with Crippen molar-refractivity contribution in [2.24, 2.45) is 0 Å². The number of allylic oxidation sites excluding steroid dienone is 1. The lowest BCUT2D eigenvalue weighted by Gasteiger charge is -2.44. The van der Waals surface area contributed by atoms with E-state index in [1.165, 1.54) is 6.92 Å². The van der Waals surface area contributed by atoms with Gasteiger partial charge >= 0.3 is 0 Å². The molecular weight excluding hydrogens is 239 g/mol. The van der Waals surface area contributed by atoms with Crippen LogP contribution in [0.3, 0.4) is 0 Å². The van der Waals surface area contributed by atoms with Gasteiger partial charge in [-0.1, -0.05) is 53.3 Å². The maximum absolute atomic E-state index is 11.6. The molecule has 0 atom stereocenters. The zero-order valence-corrected chi connectivity index (χ0v) is 12.9. The van der Waals surface area contributed by atoms with Crippen molar-refractivity contribution in [2.45, 2.75) is 58.8 Å². The third-order valence-electron chi connectivity index (χ3n) is 2.63. The largest absolute Gasteiger partial charge is 0.294 e. The van der Waals surface area contributed by atoms with E-state index in [1.54, 1.807) is 0 Å². The summed E-state index contributed by atoms with van der Waals surface area (Å²) in [6.07, 6.45) is 0. The SMILES string of the molecule is CC(=O)C(=C=O)P(=S)(C(C)(C)C)C(C)(C)C. The number of Topliss-reactive ketones (excluding diaryl/α,β-unsaturated/α-hetero) is 1. The van der Waals surface area contributed by atoms with Crippen molar-refractivity contribution in [3.05, 3.63) is 5.31 Å². The number of hydrogen-bond donors (Lipinski definition) is 0. The Morgan fingerprint density at radius 3 is 1.44 bits per heavy atom. The fraction of sp³-hybridized carbons (Fsp3) is 0.750. The van der Waals surface area contributed by atoms with Gasteiger partial charge in [-0.05, 0) is 17.2 Å². The summed E-state index contributed by atoms with van der Waals surface area (Å²) in [6.45, 7) is 13.4. The van der Waals surface area contributed by atoms with Crippen molar-refractivity contribution < 1.29 is 9.59 Å². The van der Waals surface area contributed by atoms with Gasteiger partial charge in [-0.25, -0.2) is 4.79 Å². The van der Waals surface area contributed by atoms with E-state index in [0.717, 1.165) is 0 Å². The topological polar surface area (TPSA) is 34.1 Å². The summed E-state index contributed by atoms with van der Waals surface area (Å²) < 4.78 is 0. The third-order valence-corrected chi connectivity index (χ3v) is 11.3.